The van der Waals surface area contributed by atoms with Gasteiger partial charge in [0.05, 0.1) is 27.5 Å². The topological polar surface area (TPSA) is 59.1 Å². The molecule has 0 aliphatic carbocycles. The van der Waals surface area contributed by atoms with Gasteiger partial charge in [0, 0.05) is 13.7 Å². The van der Waals surface area contributed by atoms with Crippen LogP contribution in [0.25, 0.3) is 10.2 Å². The fourth-order valence-electron chi connectivity index (χ4n) is 1.98. The number of ether oxygens (including phenoxy) is 1. The van der Waals surface area contributed by atoms with E-state index in [4.69, 9.17) is 16.3 Å². The average Bonchev–Trinajstić information content (AvgIpc) is 2.98. The van der Waals surface area contributed by atoms with Crippen molar-refractivity contribution in [2.45, 2.75) is 0 Å². The van der Waals surface area contributed by atoms with Crippen LogP contribution in [0.15, 0.2) is 35.7 Å². The number of rotatable bonds is 6. The number of methoxy groups -OCH3 is 1. The second kappa shape index (κ2) is 6.91. The number of hydrogen-bond acceptors (Lipinski definition) is 6. The van der Waals surface area contributed by atoms with Crippen LogP contribution in [0.4, 0.5) is 17.5 Å². The quantitative estimate of drug-likeness (QED) is 0.663. The van der Waals surface area contributed by atoms with Crippen LogP contribution < -0.4 is 10.6 Å². The molecule has 0 amide bonds. The van der Waals surface area contributed by atoms with Crippen LogP contribution in [0.2, 0.25) is 5.02 Å². The molecule has 7 heteroatoms. The summed E-state index contributed by atoms with van der Waals surface area (Å²) in [5.41, 5.74) is 1.72. The molecule has 3 rings (SSSR count). The Morgan fingerprint density at radius 1 is 1.23 bits per heavy atom. The number of halogens is 1. The lowest BCUT2D eigenvalue weighted by Crippen LogP contribution is -2.11. The van der Waals surface area contributed by atoms with Crippen LogP contribution in [-0.4, -0.2) is 30.2 Å². The first-order valence-corrected chi connectivity index (χ1v) is 8.03. The van der Waals surface area contributed by atoms with Crippen molar-refractivity contribution >= 4 is 50.6 Å². The first-order chi connectivity index (χ1) is 10.8. The van der Waals surface area contributed by atoms with Crippen molar-refractivity contribution in [3.63, 3.8) is 0 Å². The normalized spacial score (nSPS) is 10.8. The molecule has 0 unspecified atom stereocenters. The largest absolute Gasteiger partial charge is 0.383 e. The minimum Gasteiger partial charge on any atom is -0.383 e. The van der Waals surface area contributed by atoms with E-state index < -0.39 is 0 Å². The molecule has 2 heterocycles. The first-order valence-electron chi connectivity index (χ1n) is 6.77. The van der Waals surface area contributed by atoms with Crippen LogP contribution in [-0.2, 0) is 4.74 Å². The van der Waals surface area contributed by atoms with Crippen molar-refractivity contribution in [3.05, 3.63) is 40.7 Å². The van der Waals surface area contributed by atoms with Crippen molar-refractivity contribution in [1.82, 2.24) is 9.97 Å². The zero-order valence-electron chi connectivity index (χ0n) is 12.0. The van der Waals surface area contributed by atoms with Crippen LogP contribution in [0.3, 0.4) is 0 Å². The Balaban J connectivity index is 1.93. The molecule has 0 saturated heterocycles. The molecule has 0 aliphatic rings. The molecular weight excluding hydrogens is 320 g/mol. The van der Waals surface area contributed by atoms with Crippen molar-refractivity contribution < 1.29 is 4.74 Å². The van der Waals surface area contributed by atoms with E-state index in [0.717, 1.165) is 21.7 Å². The van der Waals surface area contributed by atoms with E-state index in [1.807, 2.05) is 35.7 Å². The molecule has 3 aromatic rings. The molecule has 0 bridgehead atoms. The lowest BCUT2D eigenvalue weighted by Gasteiger charge is -2.10. The summed E-state index contributed by atoms with van der Waals surface area (Å²) in [6.45, 7) is 1.25. The maximum atomic E-state index is 6.21. The highest BCUT2D eigenvalue weighted by Gasteiger charge is 2.10. The second-order valence-electron chi connectivity index (χ2n) is 4.56. The van der Waals surface area contributed by atoms with Gasteiger partial charge in [0.2, 0.25) is 5.95 Å². The molecule has 2 aromatic heterocycles. The number of anilines is 3. The number of fused-ring (bicyclic) bond motifs is 1. The number of benzene rings is 1. The Bertz CT molecular complexity index is 777. The zero-order valence-corrected chi connectivity index (χ0v) is 13.5. The van der Waals surface area contributed by atoms with Gasteiger partial charge in [-0.05, 0) is 23.6 Å². The summed E-state index contributed by atoms with van der Waals surface area (Å²) < 4.78 is 6.03. The smallest absolute Gasteiger partial charge is 0.225 e. The van der Waals surface area contributed by atoms with Gasteiger partial charge in [-0.15, -0.1) is 11.3 Å². The third kappa shape index (κ3) is 3.30. The van der Waals surface area contributed by atoms with Crippen LogP contribution in [0.1, 0.15) is 0 Å². The van der Waals surface area contributed by atoms with Gasteiger partial charge in [-0.1, -0.05) is 23.7 Å². The molecule has 1 aromatic carbocycles. The lowest BCUT2D eigenvalue weighted by molar-refractivity contribution is 0.210. The zero-order chi connectivity index (χ0) is 15.4. The van der Waals surface area contributed by atoms with Crippen molar-refractivity contribution in [1.29, 1.82) is 0 Å². The number of aromatic nitrogens is 2. The third-order valence-corrected chi connectivity index (χ3v) is 4.26. The van der Waals surface area contributed by atoms with E-state index in [9.17, 15) is 0 Å². The van der Waals surface area contributed by atoms with E-state index in [0.29, 0.717) is 24.1 Å². The number of thiophene rings is 1. The molecule has 22 heavy (non-hydrogen) atoms. The Morgan fingerprint density at radius 2 is 2.09 bits per heavy atom. The predicted molar refractivity (Wildman–Crippen MR) is 92.5 cm³/mol. The Hall–Kier alpha value is -1.89. The lowest BCUT2D eigenvalue weighted by atomic mass is 10.3. The summed E-state index contributed by atoms with van der Waals surface area (Å²) in [7, 11) is 1.66. The van der Waals surface area contributed by atoms with E-state index >= 15 is 0 Å². The maximum Gasteiger partial charge on any atom is 0.225 e. The molecule has 0 atom stereocenters. The third-order valence-electron chi connectivity index (χ3n) is 3.02. The summed E-state index contributed by atoms with van der Waals surface area (Å²) in [5.74, 6) is 1.31. The molecule has 0 aliphatic heterocycles. The summed E-state index contributed by atoms with van der Waals surface area (Å²) in [6.07, 6.45) is 0. The standard InChI is InChI=1S/C15H15ClN4OS/c1-21-8-7-17-15-19-12-6-9-22-13(12)14(20-15)18-11-5-3-2-4-10(11)16/h2-6,9H,7-8H2,1H3,(H2,17,18,19,20). The van der Waals surface area contributed by atoms with Gasteiger partial charge < -0.3 is 15.4 Å². The van der Waals surface area contributed by atoms with Crippen molar-refractivity contribution in [3.8, 4) is 0 Å². The van der Waals surface area contributed by atoms with E-state index in [2.05, 4.69) is 20.6 Å². The minimum absolute atomic E-state index is 0.567. The van der Waals surface area contributed by atoms with Crippen LogP contribution in [0.5, 0.6) is 0 Å². The molecule has 5 nitrogen and oxygen atoms in total. The maximum absolute atomic E-state index is 6.21. The fourth-order valence-corrected chi connectivity index (χ4v) is 2.94. The number of nitrogens with zero attached hydrogens (tertiary/aromatic N) is 2. The molecule has 0 spiro atoms. The van der Waals surface area contributed by atoms with E-state index in [1.54, 1.807) is 18.4 Å². The van der Waals surface area contributed by atoms with E-state index in [-0.39, 0.29) is 0 Å². The molecule has 114 valence electrons. The number of hydrogen-bond donors (Lipinski definition) is 2. The van der Waals surface area contributed by atoms with Crippen LogP contribution in [0, 0.1) is 0 Å². The Morgan fingerprint density at radius 3 is 2.91 bits per heavy atom. The first kappa shape index (κ1) is 15.0. The van der Waals surface area contributed by atoms with Gasteiger partial charge in [-0.25, -0.2) is 4.98 Å². The number of nitrogens with one attached hydrogen (secondary N) is 2. The van der Waals surface area contributed by atoms with Gasteiger partial charge in [-0.2, -0.15) is 4.98 Å². The summed E-state index contributed by atoms with van der Waals surface area (Å²) >= 11 is 7.80. The summed E-state index contributed by atoms with van der Waals surface area (Å²) in [6, 6.07) is 9.56. The Labute approximate surface area is 137 Å². The highest BCUT2D eigenvalue weighted by molar-refractivity contribution is 7.17. The SMILES string of the molecule is COCCNc1nc(Nc2ccccc2Cl)c2sccc2n1. The molecule has 0 saturated carbocycles. The van der Waals surface area contributed by atoms with Gasteiger partial charge in [0.1, 0.15) is 0 Å². The minimum atomic E-state index is 0.567. The molecule has 0 radical (unpaired) electrons. The van der Waals surface area contributed by atoms with Crippen LogP contribution >= 0.6 is 22.9 Å². The van der Waals surface area contributed by atoms with Crippen molar-refractivity contribution in [2.24, 2.45) is 0 Å². The molecule has 0 fully saturated rings. The second-order valence-corrected chi connectivity index (χ2v) is 5.88. The monoisotopic (exact) mass is 334 g/mol. The van der Waals surface area contributed by atoms with Gasteiger partial charge in [0.25, 0.3) is 0 Å². The van der Waals surface area contributed by atoms with Gasteiger partial charge in [-0.3, -0.25) is 0 Å². The Kier molecular flexibility index (Phi) is 4.72. The summed E-state index contributed by atoms with van der Waals surface area (Å²) in [5, 5.41) is 9.09. The fraction of sp³-hybridized carbons (Fsp3) is 0.200. The average molecular weight is 335 g/mol. The van der Waals surface area contributed by atoms with Crippen molar-refractivity contribution in [2.75, 3.05) is 30.9 Å². The predicted octanol–water partition coefficient (Wildman–Crippen LogP) is 4.15. The summed E-state index contributed by atoms with van der Waals surface area (Å²) in [4.78, 5) is 9.04. The van der Waals surface area contributed by atoms with E-state index in [1.165, 1.54) is 0 Å². The molecular formula is C15H15ClN4OS. The highest BCUT2D eigenvalue weighted by Crippen LogP contribution is 2.31. The van der Waals surface area contributed by atoms with Gasteiger partial charge in [0.15, 0.2) is 5.82 Å². The number of para-hydroxylation sites is 1. The van der Waals surface area contributed by atoms with Gasteiger partial charge >= 0.3 is 0 Å². The highest BCUT2D eigenvalue weighted by atomic mass is 35.5. The molecule has 2 N–H and O–H groups in total.